The number of aryl methyl sites for hydroxylation is 1. The minimum absolute atomic E-state index is 0.258. The largest absolute Gasteiger partial charge is 0.462 e. The number of nitrogens with zero attached hydrogens (tertiary/aromatic N) is 2. The number of ether oxygens (including phenoxy) is 1. The number of hydrogen-bond donors (Lipinski definition) is 1. The second-order valence-electron chi connectivity index (χ2n) is 3.67. The van der Waals surface area contributed by atoms with Crippen molar-refractivity contribution in [2.24, 2.45) is 0 Å². The fourth-order valence-corrected chi connectivity index (χ4v) is 2.27. The number of carbonyl (C=O) groups excluding carboxylic acids is 2. The number of carbonyl (C=O) groups is 2. The van der Waals surface area contributed by atoms with Crippen LogP contribution in [-0.2, 0) is 14.3 Å². The second kappa shape index (κ2) is 5.57. The Balaban J connectivity index is 2.18. The fourth-order valence-electron chi connectivity index (χ4n) is 1.44. The number of anilines is 1. The number of benzene rings is 1. The van der Waals surface area contributed by atoms with E-state index in [1.54, 1.807) is 0 Å². The first-order valence-electron chi connectivity index (χ1n) is 5.40. The van der Waals surface area contributed by atoms with Crippen molar-refractivity contribution in [1.82, 2.24) is 10.2 Å². The van der Waals surface area contributed by atoms with Gasteiger partial charge in [0.2, 0.25) is 5.13 Å². The number of amides is 1. The first kappa shape index (κ1) is 13.2. The summed E-state index contributed by atoms with van der Waals surface area (Å²) in [7, 11) is 1.14. The van der Waals surface area contributed by atoms with E-state index in [0.717, 1.165) is 18.2 Å². The summed E-state index contributed by atoms with van der Waals surface area (Å²) < 4.78 is 4.30. The maximum atomic E-state index is 11.3. The molecule has 6 nitrogen and oxygen atoms in total. The third-order valence-electron chi connectivity index (χ3n) is 2.39. The normalized spacial score (nSPS) is 10.0. The van der Waals surface area contributed by atoms with Gasteiger partial charge in [0.25, 0.3) is 0 Å². The Hall–Kier alpha value is -2.28. The van der Waals surface area contributed by atoms with Gasteiger partial charge in [0.15, 0.2) is 0 Å². The third kappa shape index (κ3) is 2.94. The molecule has 0 aliphatic rings. The highest BCUT2D eigenvalue weighted by atomic mass is 32.1. The molecule has 0 bridgehead atoms. The number of methoxy groups -OCH3 is 1. The molecule has 19 heavy (non-hydrogen) atoms. The van der Waals surface area contributed by atoms with Crippen LogP contribution < -0.4 is 5.32 Å². The Morgan fingerprint density at radius 2 is 2.00 bits per heavy atom. The lowest BCUT2D eigenvalue weighted by Gasteiger charge is -1.99. The number of rotatable bonds is 2. The molecule has 0 aliphatic heterocycles. The van der Waals surface area contributed by atoms with Gasteiger partial charge in [-0.05, 0) is 12.5 Å². The van der Waals surface area contributed by atoms with E-state index >= 15 is 0 Å². The van der Waals surface area contributed by atoms with Crippen molar-refractivity contribution >= 4 is 28.3 Å². The van der Waals surface area contributed by atoms with Gasteiger partial charge in [-0.25, -0.2) is 4.79 Å². The third-order valence-corrected chi connectivity index (χ3v) is 3.26. The average molecular weight is 277 g/mol. The Morgan fingerprint density at radius 1 is 1.26 bits per heavy atom. The van der Waals surface area contributed by atoms with Gasteiger partial charge in [-0.3, -0.25) is 10.1 Å². The summed E-state index contributed by atoms with van der Waals surface area (Å²) in [6.07, 6.45) is 0. The molecule has 2 aromatic rings. The summed E-state index contributed by atoms with van der Waals surface area (Å²) in [5.74, 6) is -1.83. The van der Waals surface area contributed by atoms with E-state index in [0.29, 0.717) is 5.01 Å². The van der Waals surface area contributed by atoms with Crippen molar-refractivity contribution in [3.8, 4) is 10.6 Å². The van der Waals surface area contributed by atoms with Crippen molar-refractivity contribution in [2.75, 3.05) is 12.4 Å². The lowest BCUT2D eigenvalue weighted by molar-refractivity contribution is -0.150. The van der Waals surface area contributed by atoms with Gasteiger partial charge in [-0.2, -0.15) is 0 Å². The maximum Gasteiger partial charge on any atom is 0.396 e. The van der Waals surface area contributed by atoms with Gasteiger partial charge in [-0.1, -0.05) is 35.6 Å². The zero-order chi connectivity index (χ0) is 13.8. The number of hydrogen-bond acceptors (Lipinski definition) is 6. The van der Waals surface area contributed by atoms with Crippen molar-refractivity contribution in [3.05, 3.63) is 29.8 Å². The van der Waals surface area contributed by atoms with Crippen molar-refractivity contribution in [2.45, 2.75) is 6.92 Å². The predicted octanol–water partition coefficient (Wildman–Crippen LogP) is 1.63. The molecule has 2 rings (SSSR count). The zero-order valence-corrected chi connectivity index (χ0v) is 11.2. The van der Waals surface area contributed by atoms with E-state index < -0.39 is 11.9 Å². The fraction of sp³-hybridized carbons (Fsp3) is 0.167. The summed E-state index contributed by atoms with van der Waals surface area (Å²) in [5.41, 5.74) is 2.00. The summed E-state index contributed by atoms with van der Waals surface area (Å²) >= 11 is 1.19. The molecule has 1 aromatic carbocycles. The van der Waals surface area contributed by atoms with Crippen molar-refractivity contribution in [3.63, 3.8) is 0 Å². The quantitative estimate of drug-likeness (QED) is 0.666. The molecular weight excluding hydrogens is 266 g/mol. The van der Waals surface area contributed by atoms with Crippen LogP contribution in [0.3, 0.4) is 0 Å². The van der Waals surface area contributed by atoms with E-state index in [2.05, 4.69) is 20.3 Å². The van der Waals surface area contributed by atoms with E-state index in [9.17, 15) is 9.59 Å². The van der Waals surface area contributed by atoms with Crippen LogP contribution >= 0.6 is 11.3 Å². The molecule has 0 atom stereocenters. The Labute approximate surface area is 113 Å². The molecule has 1 heterocycles. The van der Waals surface area contributed by atoms with Gasteiger partial charge in [0, 0.05) is 5.56 Å². The molecule has 0 fully saturated rings. The van der Waals surface area contributed by atoms with E-state index in [-0.39, 0.29) is 5.13 Å². The molecule has 7 heteroatoms. The second-order valence-corrected chi connectivity index (χ2v) is 4.65. The van der Waals surface area contributed by atoms with Gasteiger partial charge < -0.3 is 4.74 Å². The van der Waals surface area contributed by atoms with Gasteiger partial charge >= 0.3 is 11.9 Å². The lowest BCUT2D eigenvalue weighted by atomic mass is 10.1. The molecule has 0 unspecified atom stereocenters. The SMILES string of the molecule is COC(=O)C(=O)Nc1nnc(-c2ccccc2C)s1. The highest BCUT2D eigenvalue weighted by molar-refractivity contribution is 7.18. The van der Waals surface area contributed by atoms with Crippen LogP contribution in [0.25, 0.3) is 10.6 Å². The molecule has 0 aliphatic carbocycles. The number of esters is 1. The molecule has 98 valence electrons. The summed E-state index contributed by atoms with van der Waals surface area (Å²) in [6.45, 7) is 1.96. The van der Waals surface area contributed by atoms with Crippen LogP contribution in [0.15, 0.2) is 24.3 Å². The number of aromatic nitrogens is 2. The van der Waals surface area contributed by atoms with E-state index in [1.807, 2.05) is 31.2 Å². The first-order chi connectivity index (χ1) is 9.11. The van der Waals surface area contributed by atoms with Crippen LogP contribution in [0, 0.1) is 6.92 Å². The highest BCUT2D eigenvalue weighted by Crippen LogP contribution is 2.28. The van der Waals surface area contributed by atoms with Crippen LogP contribution in [0.2, 0.25) is 0 Å². The molecule has 1 aromatic heterocycles. The number of nitrogens with one attached hydrogen (secondary N) is 1. The van der Waals surface area contributed by atoms with Gasteiger partial charge in [0.1, 0.15) is 5.01 Å². The molecular formula is C12H11N3O3S. The van der Waals surface area contributed by atoms with Crippen molar-refractivity contribution < 1.29 is 14.3 Å². The smallest absolute Gasteiger partial charge is 0.396 e. The summed E-state index contributed by atoms with van der Waals surface area (Å²) in [5, 5.41) is 11.1. The zero-order valence-electron chi connectivity index (χ0n) is 10.3. The van der Waals surface area contributed by atoms with Gasteiger partial charge in [-0.15, -0.1) is 10.2 Å². The lowest BCUT2D eigenvalue weighted by Crippen LogP contribution is -2.23. The summed E-state index contributed by atoms with van der Waals surface area (Å²) in [4.78, 5) is 22.3. The molecule has 0 saturated carbocycles. The monoisotopic (exact) mass is 277 g/mol. The van der Waals surface area contributed by atoms with E-state index in [1.165, 1.54) is 11.3 Å². The topological polar surface area (TPSA) is 81.2 Å². The van der Waals surface area contributed by atoms with E-state index in [4.69, 9.17) is 0 Å². The molecule has 1 amide bonds. The Bertz CT molecular complexity index is 624. The van der Waals surface area contributed by atoms with Crippen LogP contribution in [0.4, 0.5) is 5.13 Å². The van der Waals surface area contributed by atoms with Gasteiger partial charge in [0.05, 0.1) is 7.11 Å². The predicted molar refractivity (Wildman–Crippen MR) is 70.7 cm³/mol. The molecule has 0 saturated heterocycles. The molecule has 0 spiro atoms. The highest BCUT2D eigenvalue weighted by Gasteiger charge is 2.17. The average Bonchev–Trinajstić information content (AvgIpc) is 2.86. The standard InChI is InChI=1S/C12H11N3O3S/c1-7-5-3-4-6-8(7)10-14-15-12(19-10)13-9(16)11(17)18-2/h3-6H,1-2H3,(H,13,15,16). The molecule has 1 N–H and O–H groups in total. The Morgan fingerprint density at radius 3 is 2.68 bits per heavy atom. The minimum atomic E-state index is -0.965. The maximum absolute atomic E-state index is 11.3. The van der Waals surface area contributed by atoms with Crippen LogP contribution in [0.1, 0.15) is 5.56 Å². The minimum Gasteiger partial charge on any atom is -0.462 e. The molecule has 0 radical (unpaired) electrons. The Kier molecular flexibility index (Phi) is 3.86. The summed E-state index contributed by atoms with van der Waals surface area (Å²) in [6, 6.07) is 7.71. The first-order valence-corrected chi connectivity index (χ1v) is 6.22. The van der Waals surface area contributed by atoms with Crippen LogP contribution in [-0.4, -0.2) is 29.2 Å². The van der Waals surface area contributed by atoms with Crippen molar-refractivity contribution in [1.29, 1.82) is 0 Å². The van der Waals surface area contributed by atoms with Crippen LogP contribution in [0.5, 0.6) is 0 Å².